The van der Waals surface area contributed by atoms with Gasteiger partial charge in [-0.15, -0.1) is 11.3 Å². The van der Waals surface area contributed by atoms with Crippen LogP contribution < -0.4 is 4.72 Å². The molecule has 0 spiro atoms. The Balaban J connectivity index is 1.69. The Bertz CT molecular complexity index is 579. The minimum absolute atomic E-state index is 0.133. The van der Waals surface area contributed by atoms with Gasteiger partial charge >= 0.3 is 0 Å². The van der Waals surface area contributed by atoms with Crippen molar-refractivity contribution in [3.8, 4) is 0 Å². The molecule has 4 nitrogen and oxygen atoms in total. The van der Waals surface area contributed by atoms with Gasteiger partial charge < -0.3 is 5.11 Å². The normalized spacial score (nSPS) is 19.8. The average Bonchev–Trinajstić information content (AvgIpc) is 3.29. The van der Waals surface area contributed by atoms with Crippen LogP contribution in [0.3, 0.4) is 0 Å². The number of nitrogens with one attached hydrogen (secondary N) is 1. The summed E-state index contributed by atoms with van der Waals surface area (Å²) in [5, 5.41) is 9.10. The van der Waals surface area contributed by atoms with Crippen molar-refractivity contribution < 1.29 is 13.5 Å². The van der Waals surface area contributed by atoms with Crippen molar-refractivity contribution >= 4 is 37.3 Å². The van der Waals surface area contributed by atoms with E-state index in [-0.39, 0.29) is 11.5 Å². The highest BCUT2D eigenvalue weighted by molar-refractivity contribution is 9.11. The van der Waals surface area contributed by atoms with Crippen molar-refractivity contribution in [1.29, 1.82) is 0 Å². The molecule has 0 radical (unpaired) electrons. The monoisotopic (exact) mass is 379 g/mol. The van der Waals surface area contributed by atoms with Crippen LogP contribution >= 0.6 is 27.3 Å². The van der Waals surface area contributed by atoms with Gasteiger partial charge in [-0.2, -0.15) is 0 Å². The largest absolute Gasteiger partial charge is 0.391 e. The second-order valence-electron chi connectivity index (χ2n) is 5.70. The maximum absolute atomic E-state index is 12.4. The van der Waals surface area contributed by atoms with Gasteiger partial charge in [0.25, 0.3) is 0 Å². The minimum atomic E-state index is -3.48. The van der Waals surface area contributed by atoms with E-state index in [9.17, 15) is 8.42 Å². The fourth-order valence-electron chi connectivity index (χ4n) is 2.71. The van der Waals surface area contributed by atoms with Gasteiger partial charge in [0, 0.05) is 11.4 Å². The predicted octanol–water partition coefficient (Wildman–Crippen LogP) is 2.72. The minimum Gasteiger partial charge on any atom is -0.391 e. The van der Waals surface area contributed by atoms with E-state index >= 15 is 0 Å². The molecule has 20 heavy (non-hydrogen) atoms. The lowest BCUT2D eigenvalue weighted by atomic mass is 9.99. The standard InChI is InChI=1S/C13H18BrNO3S2/c14-13-12(5-10(7-16)19-13)20(17,18)15-6-11(8-1-2-8)9-3-4-9/h5,8-9,11,15-16H,1-4,6-7H2. The van der Waals surface area contributed by atoms with Crippen LogP contribution in [0.2, 0.25) is 0 Å². The van der Waals surface area contributed by atoms with Crippen molar-refractivity contribution in [3.63, 3.8) is 0 Å². The number of rotatable bonds is 7. The number of hydrogen-bond donors (Lipinski definition) is 2. The molecule has 3 rings (SSSR count). The molecule has 7 heteroatoms. The van der Waals surface area contributed by atoms with E-state index in [0.29, 0.717) is 21.1 Å². The Morgan fingerprint density at radius 1 is 1.35 bits per heavy atom. The molecule has 2 saturated carbocycles. The molecule has 1 aromatic heterocycles. The molecular formula is C13H18BrNO3S2. The van der Waals surface area contributed by atoms with E-state index in [1.165, 1.54) is 37.0 Å². The highest BCUT2D eigenvalue weighted by atomic mass is 79.9. The van der Waals surface area contributed by atoms with E-state index < -0.39 is 10.0 Å². The summed E-state index contributed by atoms with van der Waals surface area (Å²) in [6.07, 6.45) is 5.00. The Morgan fingerprint density at radius 3 is 2.40 bits per heavy atom. The van der Waals surface area contributed by atoms with Crippen molar-refractivity contribution in [2.45, 2.75) is 37.2 Å². The molecule has 2 aliphatic rings. The van der Waals surface area contributed by atoms with Gasteiger partial charge in [0.05, 0.1) is 10.4 Å². The van der Waals surface area contributed by atoms with Crippen LogP contribution in [-0.2, 0) is 16.6 Å². The van der Waals surface area contributed by atoms with Gasteiger partial charge in [-0.3, -0.25) is 0 Å². The fraction of sp³-hybridized carbons (Fsp3) is 0.692. The van der Waals surface area contributed by atoms with E-state index in [1.807, 2.05) is 0 Å². The van der Waals surface area contributed by atoms with Gasteiger partial charge in [0.1, 0.15) is 4.90 Å². The molecule has 1 aromatic rings. The van der Waals surface area contributed by atoms with Crippen molar-refractivity contribution in [3.05, 3.63) is 14.7 Å². The number of halogens is 1. The second kappa shape index (κ2) is 5.68. The molecule has 0 unspecified atom stereocenters. The summed E-state index contributed by atoms with van der Waals surface area (Å²) < 4.78 is 28.0. The first-order valence-electron chi connectivity index (χ1n) is 6.90. The molecule has 112 valence electrons. The molecule has 2 N–H and O–H groups in total. The average molecular weight is 380 g/mol. The smallest absolute Gasteiger partial charge is 0.242 e. The lowest BCUT2D eigenvalue weighted by Crippen LogP contribution is -2.31. The zero-order valence-electron chi connectivity index (χ0n) is 11.0. The Morgan fingerprint density at radius 2 is 1.95 bits per heavy atom. The Labute approximate surface area is 131 Å². The van der Waals surface area contributed by atoms with E-state index in [0.717, 1.165) is 11.8 Å². The van der Waals surface area contributed by atoms with Crippen LogP contribution in [0.5, 0.6) is 0 Å². The summed E-state index contributed by atoms with van der Waals surface area (Å²) in [6, 6.07) is 1.54. The molecular weight excluding hydrogens is 362 g/mol. The molecule has 0 atom stereocenters. The zero-order chi connectivity index (χ0) is 14.3. The number of thiophene rings is 1. The summed E-state index contributed by atoms with van der Waals surface area (Å²) in [5.74, 6) is 1.97. The van der Waals surface area contributed by atoms with Crippen molar-refractivity contribution in [1.82, 2.24) is 4.72 Å². The SMILES string of the molecule is O=S(=O)(NCC(C1CC1)C1CC1)c1cc(CO)sc1Br. The molecule has 2 aliphatic carbocycles. The molecule has 2 fully saturated rings. The topological polar surface area (TPSA) is 66.4 Å². The third-order valence-electron chi connectivity index (χ3n) is 4.12. The van der Waals surface area contributed by atoms with Gasteiger partial charge in [-0.25, -0.2) is 13.1 Å². The molecule has 0 saturated heterocycles. The first-order chi connectivity index (χ1) is 9.51. The van der Waals surface area contributed by atoms with Crippen LogP contribution in [-0.4, -0.2) is 20.1 Å². The number of aliphatic hydroxyl groups is 1. The lowest BCUT2D eigenvalue weighted by molar-refractivity contribution is 0.285. The molecule has 0 aliphatic heterocycles. The molecule has 1 heterocycles. The first kappa shape index (κ1) is 15.0. The van der Waals surface area contributed by atoms with Crippen LogP contribution in [0, 0.1) is 17.8 Å². The predicted molar refractivity (Wildman–Crippen MR) is 82.1 cm³/mol. The van der Waals surface area contributed by atoms with E-state index in [2.05, 4.69) is 20.7 Å². The quantitative estimate of drug-likeness (QED) is 0.765. The zero-order valence-corrected chi connectivity index (χ0v) is 14.2. The van der Waals surface area contributed by atoms with Crippen LogP contribution in [0.4, 0.5) is 0 Å². The maximum atomic E-state index is 12.4. The molecule has 0 bridgehead atoms. The van der Waals surface area contributed by atoms with Gasteiger partial charge in [-0.05, 0) is 65.4 Å². The molecule has 0 aromatic carbocycles. The molecule has 0 amide bonds. The second-order valence-corrected chi connectivity index (χ2v) is 9.89. The third-order valence-corrected chi connectivity index (χ3v) is 7.78. The maximum Gasteiger partial charge on any atom is 0.242 e. The summed E-state index contributed by atoms with van der Waals surface area (Å²) in [6.45, 7) is 0.417. The number of aliphatic hydroxyl groups excluding tert-OH is 1. The summed E-state index contributed by atoms with van der Waals surface area (Å²) in [7, 11) is -3.48. The van der Waals surface area contributed by atoms with E-state index in [4.69, 9.17) is 5.11 Å². The van der Waals surface area contributed by atoms with Crippen molar-refractivity contribution in [2.24, 2.45) is 17.8 Å². The number of hydrogen-bond acceptors (Lipinski definition) is 4. The highest BCUT2D eigenvalue weighted by Gasteiger charge is 2.41. The van der Waals surface area contributed by atoms with Crippen LogP contribution in [0.15, 0.2) is 14.7 Å². The van der Waals surface area contributed by atoms with E-state index in [1.54, 1.807) is 6.07 Å². The highest BCUT2D eigenvalue weighted by Crippen LogP contribution is 2.49. The van der Waals surface area contributed by atoms with Gasteiger partial charge in [-0.1, -0.05) is 0 Å². The number of sulfonamides is 1. The van der Waals surface area contributed by atoms with Crippen LogP contribution in [0.25, 0.3) is 0 Å². The Hall–Kier alpha value is 0.0500. The summed E-state index contributed by atoms with van der Waals surface area (Å²) in [5.41, 5.74) is 0. The summed E-state index contributed by atoms with van der Waals surface area (Å²) in [4.78, 5) is 0.898. The first-order valence-corrected chi connectivity index (χ1v) is 9.99. The lowest BCUT2D eigenvalue weighted by Gasteiger charge is -2.16. The Kier molecular flexibility index (Phi) is 4.25. The summed E-state index contributed by atoms with van der Waals surface area (Å²) >= 11 is 4.53. The van der Waals surface area contributed by atoms with Crippen LogP contribution in [0.1, 0.15) is 30.6 Å². The fourth-order valence-corrected chi connectivity index (χ4v) is 6.32. The van der Waals surface area contributed by atoms with Gasteiger partial charge in [0.15, 0.2) is 0 Å². The third kappa shape index (κ3) is 3.27. The van der Waals surface area contributed by atoms with Crippen molar-refractivity contribution in [2.75, 3.05) is 6.54 Å². The van der Waals surface area contributed by atoms with Gasteiger partial charge in [0.2, 0.25) is 10.0 Å².